The quantitative estimate of drug-likeness (QED) is 0.345. The smallest absolute Gasteiger partial charge is 0.223 e. The lowest BCUT2D eigenvalue weighted by molar-refractivity contribution is -0.134. The molecule has 4 heterocycles. The predicted octanol–water partition coefficient (Wildman–Crippen LogP) is 1.42. The molecule has 2 aromatic heterocycles. The fourth-order valence-corrected chi connectivity index (χ4v) is 6.53. The molecule has 1 saturated heterocycles. The van der Waals surface area contributed by atoms with E-state index in [0.717, 1.165) is 22.4 Å². The second kappa shape index (κ2) is 11.3. The second-order valence-electron chi connectivity index (χ2n) is 9.80. The Hall–Kier alpha value is -3.19. The van der Waals surface area contributed by atoms with E-state index in [1.165, 1.54) is 0 Å². The number of nitrogens with one attached hydrogen (secondary N) is 4. The summed E-state index contributed by atoms with van der Waals surface area (Å²) in [6, 6.07) is -0.0504. The molecule has 0 aromatic carbocycles. The number of carbonyl (C=O) groups excluding carboxylic acids is 2. The van der Waals surface area contributed by atoms with Gasteiger partial charge in [-0.25, -0.2) is 18.1 Å². The molecule has 0 aliphatic carbocycles. The van der Waals surface area contributed by atoms with E-state index in [1.54, 1.807) is 12.3 Å². The van der Waals surface area contributed by atoms with Crippen molar-refractivity contribution in [2.75, 3.05) is 29.9 Å². The topological polar surface area (TPSA) is 156 Å². The zero-order valence-electron chi connectivity index (χ0n) is 22.4. The third-order valence-corrected chi connectivity index (χ3v) is 8.58. The summed E-state index contributed by atoms with van der Waals surface area (Å²) < 4.78 is 25.9. The number of pyridine rings is 1. The second-order valence-corrected chi connectivity index (χ2v) is 12.1. The van der Waals surface area contributed by atoms with Crippen LogP contribution in [0.15, 0.2) is 12.3 Å². The first-order valence-electron chi connectivity index (χ1n) is 13.1. The fraction of sp³-hybridized carbons (Fsp3) is 0.600. The molecule has 2 aliphatic rings. The van der Waals surface area contributed by atoms with Crippen LogP contribution >= 0.6 is 0 Å². The van der Waals surface area contributed by atoms with Gasteiger partial charge in [-0.15, -0.1) is 0 Å². The van der Waals surface area contributed by atoms with E-state index in [4.69, 9.17) is 9.82 Å². The first-order chi connectivity index (χ1) is 18.1. The average Bonchev–Trinajstić information content (AvgIpc) is 3.41. The molecule has 38 heavy (non-hydrogen) atoms. The van der Waals surface area contributed by atoms with Crippen LogP contribution in [0.4, 0.5) is 5.69 Å². The molecule has 2 aliphatic heterocycles. The molecule has 0 spiro atoms. The van der Waals surface area contributed by atoms with E-state index in [2.05, 4.69) is 26.5 Å². The fourth-order valence-electron chi connectivity index (χ4n) is 5.04. The number of amides is 2. The van der Waals surface area contributed by atoms with Gasteiger partial charge in [-0.1, -0.05) is 0 Å². The molecule has 0 saturated carbocycles. The lowest BCUT2D eigenvalue weighted by Crippen LogP contribution is -2.41. The first kappa shape index (κ1) is 27.8. The third kappa shape index (κ3) is 5.93. The molecular weight excluding hydrogens is 510 g/mol. The van der Waals surface area contributed by atoms with Crippen LogP contribution in [0.25, 0.3) is 16.7 Å². The summed E-state index contributed by atoms with van der Waals surface area (Å²) in [6.45, 7) is 9.14. The van der Waals surface area contributed by atoms with E-state index >= 15 is 0 Å². The Labute approximate surface area is 222 Å². The summed E-state index contributed by atoms with van der Waals surface area (Å²) in [4.78, 5) is 35.8. The van der Waals surface area contributed by atoms with Gasteiger partial charge in [0.05, 0.1) is 46.8 Å². The normalized spacial score (nSPS) is 18.6. The Morgan fingerprint density at radius 3 is 2.34 bits per heavy atom. The molecule has 0 bridgehead atoms. The Morgan fingerprint density at radius 1 is 1.13 bits per heavy atom. The minimum Gasteiger partial charge on any atom is -0.381 e. The minimum atomic E-state index is -3.02. The zero-order chi connectivity index (χ0) is 27.5. The van der Waals surface area contributed by atoms with Crippen molar-refractivity contribution in [2.24, 2.45) is 0 Å². The minimum absolute atomic E-state index is 0.0415. The van der Waals surface area contributed by atoms with Gasteiger partial charge in [-0.3, -0.25) is 19.9 Å². The van der Waals surface area contributed by atoms with Gasteiger partial charge in [-0.05, 0) is 46.6 Å². The number of rotatable bonds is 10. The molecule has 4 N–H and O–H groups in total. The lowest BCUT2D eigenvalue weighted by atomic mass is 9.92. The monoisotopic (exact) mass is 547 g/mol. The summed E-state index contributed by atoms with van der Waals surface area (Å²) >= 11 is 0. The van der Waals surface area contributed by atoms with Gasteiger partial charge in [-0.2, -0.15) is 5.10 Å². The number of fused-ring (bicyclic) bond motifs is 1. The average molecular weight is 548 g/mol. The summed E-state index contributed by atoms with van der Waals surface area (Å²) in [6.07, 6.45) is 4.40. The highest BCUT2D eigenvalue weighted by Gasteiger charge is 2.40. The highest BCUT2D eigenvalue weighted by atomic mass is 32.2. The number of aromatic nitrogens is 3. The maximum absolute atomic E-state index is 12.6. The molecule has 2 aromatic rings. The van der Waals surface area contributed by atoms with Crippen LogP contribution in [0.2, 0.25) is 0 Å². The first-order valence-corrected chi connectivity index (χ1v) is 15.0. The molecule has 0 unspecified atom stereocenters. The molecule has 1 fully saturated rings. The number of aryl methyl sites for hydroxylation is 2. The van der Waals surface area contributed by atoms with Crippen LogP contribution in [0, 0.1) is 6.92 Å². The van der Waals surface area contributed by atoms with Crippen LogP contribution in [-0.4, -0.2) is 71.2 Å². The van der Waals surface area contributed by atoms with Crippen molar-refractivity contribution >= 4 is 44.1 Å². The largest absolute Gasteiger partial charge is 0.381 e. The van der Waals surface area contributed by atoms with Crippen LogP contribution in [0.1, 0.15) is 57.7 Å². The van der Waals surface area contributed by atoms with Gasteiger partial charge in [0.1, 0.15) is 15.4 Å². The summed E-state index contributed by atoms with van der Waals surface area (Å²) in [5.41, 5.74) is 5.30. The summed E-state index contributed by atoms with van der Waals surface area (Å²) in [5.74, 6) is -0.195. The predicted molar refractivity (Wildman–Crippen MR) is 145 cm³/mol. The highest BCUT2D eigenvalue weighted by Crippen LogP contribution is 2.38. The van der Waals surface area contributed by atoms with Crippen LogP contribution in [0.3, 0.4) is 0 Å². The third-order valence-electron chi connectivity index (χ3n) is 6.87. The number of hydrogen-bond donors (Lipinski definition) is 4. The Bertz CT molecular complexity index is 1320. The summed E-state index contributed by atoms with van der Waals surface area (Å²) in [7, 11) is -3.02. The number of hydrogen-bond acceptors (Lipinski definition) is 9. The van der Waals surface area contributed by atoms with E-state index in [0.29, 0.717) is 43.7 Å². The Kier molecular flexibility index (Phi) is 8.26. The SMILES string of the molecule is CCNC(=O)CC1(CC(=O)NCC)C=C(c2cnc3c(c(C)nn3CC)c2NC2CCS(=O)(=O)CC2)NO1. The van der Waals surface area contributed by atoms with E-state index in [-0.39, 0.29) is 42.2 Å². The number of anilines is 1. The van der Waals surface area contributed by atoms with Crippen molar-refractivity contribution in [2.45, 2.75) is 71.6 Å². The standard InChI is InChI=1S/C25H37N7O5S/c1-5-26-20(33)13-25(14-21(34)27-6-2)12-19(31-37-25)18-15-28-24-22(16(4)30-32(24)7-3)23(18)29-17-8-10-38(35,36)11-9-17/h12,15,17,31H,5-11,13-14H2,1-4H3,(H,26,33)(H,27,34)(H,28,29). The van der Waals surface area contributed by atoms with Gasteiger partial charge in [0, 0.05) is 37.4 Å². The van der Waals surface area contributed by atoms with Crippen molar-refractivity contribution in [3.63, 3.8) is 0 Å². The highest BCUT2D eigenvalue weighted by molar-refractivity contribution is 7.91. The van der Waals surface area contributed by atoms with Gasteiger partial charge in [0.25, 0.3) is 0 Å². The van der Waals surface area contributed by atoms with Crippen molar-refractivity contribution in [3.05, 3.63) is 23.5 Å². The van der Waals surface area contributed by atoms with Crippen molar-refractivity contribution < 1.29 is 22.8 Å². The van der Waals surface area contributed by atoms with Gasteiger partial charge in [0.2, 0.25) is 11.8 Å². The van der Waals surface area contributed by atoms with Crippen molar-refractivity contribution in [1.82, 2.24) is 30.9 Å². The van der Waals surface area contributed by atoms with Gasteiger partial charge >= 0.3 is 0 Å². The molecule has 0 atom stereocenters. The maximum Gasteiger partial charge on any atom is 0.223 e. The number of sulfone groups is 1. The Morgan fingerprint density at radius 2 is 1.76 bits per heavy atom. The molecule has 4 rings (SSSR count). The maximum atomic E-state index is 12.6. The van der Waals surface area contributed by atoms with Crippen molar-refractivity contribution in [3.8, 4) is 0 Å². The van der Waals surface area contributed by atoms with E-state index in [1.807, 2.05) is 32.4 Å². The lowest BCUT2D eigenvalue weighted by Gasteiger charge is -2.26. The van der Waals surface area contributed by atoms with Crippen LogP contribution in [-0.2, 0) is 30.8 Å². The van der Waals surface area contributed by atoms with Crippen molar-refractivity contribution in [1.29, 1.82) is 0 Å². The zero-order valence-corrected chi connectivity index (χ0v) is 23.2. The van der Waals surface area contributed by atoms with E-state index in [9.17, 15) is 18.0 Å². The molecule has 12 nitrogen and oxygen atoms in total. The summed E-state index contributed by atoms with van der Waals surface area (Å²) in [5, 5.41) is 14.6. The Balaban J connectivity index is 1.77. The molecule has 208 valence electrons. The van der Waals surface area contributed by atoms with Crippen LogP contribution < -0.4 is 21.4 Å². The molecule has 13 heteroatoms. The van der Waals surface area contributed by atoms with Crippen LogP contribution in [0.5, 0.6) is 0 Å². The number of nitrogens with zero attached hydrogens (tertiary/aromatic N) is 3. The van der Waals surface area contributed by atoms with E-state index < -0.39 is 15.4 Å². The number of hydroxylamine groups is 1. The molecular formula is C25H37N7O5S. The van der Waals surface area contributed by atoms with Gasteiger partial charge in [0.15, 0.2) is 5.65 Å². The van der Waals surface area contributed by atoms with Gasteiger partial charge < -0.3 is 16.0 Å². The molecule has 0 radical (unpaired) electrons. The molecule has 2 amide bonds. The number of carbonyl (C=O) groups is 2.